The first kappa shape index (κ1) is 29.9. The van der Waals surface area contributed by atoms with Gasteiger partial charge in [0.2, 0.25) is 0 Å². The normalized spacial score (nSPS) is 15.0. The maximum Gasteiger partial charge on any atom is 0.321 e. The minimum absolute atomic E-state index is 0.304. The maximum absolute atomic E-state index is 13.4. The quantitative estimate of drug-likeness (QED) is 0.254. The van der Waals surface area contributed by atoms with E-state index in [4.69, 9.17) is 9.47 Å². The van der Waals surface area contributed by atoms with Crippen molar-refractivity contribution in [2.75, 3.05) is 18.4 Å². The molecule has 3 aromatic rings. The lowest BCUT2D eigenvalue weighted by Gasteiger charge is -2.39. The molecule has 3 N–H and O–H groups in total. The SMILES string of the molecule is CC(C)CC1(O)CCN(C(=O)Nc2cc(Oc3ccc(F)cc3)cc(Oc3ccc(C(C)(C)C(=O)O)cc3)c2)CC1. The fourth-order valence-corrected chi connectivity index (χ4v) is 4.89. The molecule has 9 heteroatoms. The van der Waals surface area contributed by atoms with Gasteiger partial charge in [-0.2, -0.15) is 0 Å². The number of amides is 2. The summed E-state index contributed by atoms with van der Waals surface area (Å²) in [5.74, 6) is 0.637. The van der Waals surface area contributed by atoms with Crippen molar-refractivity contribution in [3.8, 4) is 23.0 Å². The van der Waals surface area contributed by atoms with Crippen LogP contribution in [0.1, 0.15) is 52.5 Å². The number of halogens is 1. The Kier molecular flexibility index (Phi) is 8.87. The fraction of sp³-hybridized carbons (Fsp3) is 0.375. The summed E-state index contributed by atoms with van der Waals surface area (Å²) in [6.07, 6.45) is 1.71. The molecule has 0 spiro atoms. The maximum atomic E-state index is 13.4. The summed E-state index contributed by atoms with van der Waals surface area (Å²) in [6.45, 7) is 8.27. The van der Waals surface area contributed by atoms with E-state index >= 15 is 0 Å². The summed E-state index contributed by atoms with van der Waals surface area (Å²) in [5, 5.41) is 23.3. The number of aliphatic carboxylic acids is 1. The first-order chi connectivity index (χ1) is 19.3. The number of nitrogens with zero attached hydrogens (tertiary/aromatic N) is 1. The Morgan fingerprint density at radius 3 is 1.93 bits per heavy atom. The zero-order valence-corrected chi connectivity index (χ0v) is 23.8. The molecule has 2 amide bonds. The van der Waals surface area contributed by atoms with Gasteiger partial charge in [-0.1, -0.05) is 26.0 Å². The van der Waals surface area contributed by atoms with Crippen LogP contribution in [0.5, 0.6) is 23.0 Å². The van der Waals surface area contributed by atoms with Crippen LogP contribution in [0.15, 0.2) is 66.7 Å². The van der Waals surface area contributed by atoms with Gasteiger partial charge in [0, 0.05) is 37.0 Å². The minimum Gasteiger partial charge on any atom is -0.481 e. The number of hydrogen-bond donors (Lipinski definition) is 3. The first-order valence-corrected chi connectivity index (χ1v) is 13.7. The van der Waals surface area contributed by atoms with Crippen molar-refractivity contribution >= 4 is 17.7 Å². The van der Waals surface area contributed by atoms with Crippen LogP contribution in [0.2, 0.25) is 0 Å². The van der Waals surface area contributed by atoms with Gasteiger partial charge in [0.1, 0.15) is 28.8 Å². The van der Waals surface area contributed by atoms with Crippen molar-refractivity contribution in [1.82, 2.24) is 4.90 Å². The number of rotatable bonds is 9. The third-order valence-corrected chi connectivity index (χ3v) is 7.30. The standard InChI is InChI=1S/C32H37FN2O6/c1-21(2)20-32(39)13-15-35(16-14-32)30(38)34-24-17-27(19-28(18-24)41-26-11-7-23(33)8-12-26)40-25-9-5-22(6-10-25)31(3,4)29(36)37/h5-12,17-19,21,39H,13-16,20H2,1-4H3,(H,34,38)(H,36,37). The highest BCUT2D eigenvalue weighted by Gasteiger charge is 2.34. The lowest BCUT2D eigenvalue weighted by molar-refractivity contribution is -0.142. The number of aliphatic hydroxyl groups is 1. The number of likely N-dealkylation sites (tertiary alicyclic amines) is 1. The van der Waals surface area contributed by atoms with Crippen LogP contribution in [-0.4, -0.2) is 45.8 Å². The van der Waals surface area contributed by atoms with Crippen molar-refractivity contribution in [2.24, 2.45) is 5.92 Å². The highest BCUT2D eigenvalue weighted by atomic mass is 19.1. The van der Waals surface area contributed by atoms with E-state index in [1.54, 1.807) is 61.2 Å². The zero-order chi connectivity index (χ0) is 29.8. The van der Waals surface area contributed by atoms with Crippen LogP contribution in [0, 0.1) is 11.7 Å². The zero-order valence-electron chi connectivity index (χ0n) is 23.8. The molecule has 1 saturated heterocycles. The molecule has 218 valence electrons. The molecule has 1 fully saturated rings. The monoisotopic (exact) mass is 564 g/mol. The minimum atomic E-state index is -1.06. The summed E-state index contributed by atoms with van der Waals surface area (Å²) in [6, 6.07) is 17.0. The topological polar surface area (TPSA) is 108 Å². The molecule has 0 aliphatic carbocycles. The summed E-state index contributed by atoms with van der Waals surface area (Å²) in [5.41, 5.74) is -0.765. The van der Waals surface area contributed by atoms with Crippen LogP contribution in [0.3, 0.4) is 0 Å². The van der Waals surface area contributed by atoms with Crippen molar-refractivity contribution < 1.29 is 33.7 Å². The number of hydrogen-bond acceptors (Lipinski definition) is 5. The van der Waals surface area contributed by atoms with E-state index in [1.165, 1.54) is 24.3 Å². The molecular formula is C32H37FN2O6. The van der Waals surface area contributed by atoms with E-state index in [-0.39, 0.29) is 6.03 Å². The van der Waals surface area contributed by atoms with Crippen LogP contribution >= 0.6 is 0 Å². The number of anilines is 1. The van der Waals surface area contributed by atoms with Gasteiger partial charge >= 0.3 is 12.0 Å². The second-order valence-electron chi connectivity index (χ2n) is 11.5. The van der Waals surface area contributed by atoms with Crippen molar-refractivity contribution in [3.05, 3.63) is 78.1 Å². The smallest absolute Gasteiger partial charge is 0.321 e. The molecule has 0 radical (unpaired) electrons. The third-order valence-electron chi connectivity index (χ3n) is 7.30. The number of piperidine rings is 1. The van der Waals surface area contributed by atoms with Crippen LogP contribution in [-0.2, 0) is 10.2 Å². The Morgan fingerprint density at radius 1 is 0.927 bits per heavy atom. The largest absolute Gasteiger partial charge is 0.481 e. The van der Waals surface area contributed by atoms with Gasteiger partial charge in [-0.05, 0) is 81.0 Å². The molecular weight excluding hydrogens is 527 g/mol. The molecule has 3 aromatic carbocycles. The molecule has 0 unspecified atom stereocenters. The lowest BCUT2D eigenvalue weighted by atomic mass is 9.84. The Morgan fingerprint density at radius 2 is 1.44 bits per heavy atom. The summed E-state index contributed by atoms with van der Waals surface area (Å²) < 4.78 is 25.4. The molecule has 1 aliphatic rings. The van der Waals surface area contributed by atoms with E-state index in [0.717, 1.165) is 0 Å². The molecule has 0 saturated carbocycles. The molecule has 8 nitrogen and oxygen atoms in total. The van der Waals surface area contributed by atoms with Gasteiger partial charge in [-0.15, -0.1) is 0 Å². The number of ether oxygens (including phenoxy) is 2. The molecule has 0 aromatic heterocycles. The van der Waals surface area contributed by atoms with E-state index in [2.05, 4.69) is 19.2 Å². The average Bonchev–Trinajstić information content (AvgIpc) is 2.90. The van der Waals surface area contributed by atoms with E-state index in [1.807, 2.05) is 0 Å². The van der Waals surface area contributed by atoms with Crippen LogP contribution in [0.4, 0.5) is 14.9 Å². The predicted molar refractivity (Wildman–Crippen MR) is 154 cm³/mol. The van der Waals surface area contributed by atoms with Crippen molar-refractivity contribution in [2.45, 2.75) is 58.0 Å². The van der Waals surface area contributed by atoms with Gasteiger partial charge in [-0.3, -0.25) is 4.79 Å². The number of carboxylic acid groups (broad SMARTS) is 1. The van der Waals surface area contributed by atoms with Gasteiger partial charge < -0.3 is 29.9 Å². The second-order valence-corrected chi connectivity index (χ2v) is 11.5. The van der Waals surface area contributed by atoms with E-state index < -0.39 is 22.8 Å². The summed E-state index contributed by atoms with van der Waals surface area (Å²) in [4.78, 5) is 26.4. The van der Waals surface area contributed by atoms with Crippen molar-refractivity contribution in [3.63, 3.8) is 0 Å². The molecule has 1 aliphatic heterocycles. The first-order valence-electron chi connectivity index (χ1n) is 13.7. The van der Waals surface area contributed by atoms with Crippen LogP contribution < -0.4 is 14.8 Å². The third kappa shape index (κ3) is 7.76. The Bertz CT molecular complexity index is 1360. The van der Waals surface area contributed by atoms with Crippen LogP contribution in [0.25, 0.3) is 0 Å². The van der Waals surface area contributed by atoms with Gasteiger partial charge in [0.15, 0.2) is 0 Å². The number of benzene rings is 3. The number of urea groups is 1. The average molecular weight is 565 g/mol. The van der Waals surface area contributed by atoms with Crippen molar-refractivity contribution in [1.29, 1.82) is 0 Å². The number of carbonyl (C=O) groups excluding carboxylic acids is 1. The van der Waals surface area contributed by atoms with Gasteiger partial charge in [0.25, 0.3) is 0 Å². The highest BCUT2D eigenvalue weighted by molar-refractivity contribution is 5.90. The van der Waals surface area contributed by atoms with E-state index in [0.29, 0.717) is 72.5 Å². The van der Waals surface area contributed by atoms with Gasteiger partial charge in [-0.25, -0.2) is 9.18 Å². The van der Waals surface area contributed by atoms with E-state index in [9.17, 15) is 24.2 Å². The Balaban J connectivity index is 1.53. The number of nitrogens with one attached hydrogen (secondary N) is 1. The highest BCUT2D eigenvalue weighted by Crippen LogP contribution is 2.34. The van der Waals surface area contributed by atoms with Gasteiger partial charge in [0.05, 0.1) is 11.0 Å². The molecule has 0 atom stereocenters. The summed E-state index contributed by atoms with van der Waals surface area (Å²) >= 11 is 0. The number of carboxylic acids is 1. The fourth-order valence-electron chi connectivity index (χ4n) is 4.89. The molecule has 41 heavy (non-hydrogen) atoms. The molecule has 0 bridgehead atoms. The lowest BCUT2D eigenvalue weighted by Crippen LogP contribution is -2.48. The second kappa shape index (κ2) is 12.2. The Labute approximate surface area is 239 Å². The predicted octanol–water partition coefficient (Wildman–Crippen LogP) is 7.18. The molecule has 1 heterocycles. The summed E-state index contributed by atoms with van der Waals surface area (Å²) in [7, 11) is 0. The number of carbonyl (C=O) groups is 2. The Hall–Kier alpha value is -4.11. The molecule has 4 rings (SSSR count).